The van der Waals surface area contributed by atoms with Crippen LogP contribution in [0.1, 0.15) is 52.7 Å². The lowest BCUT2D eigenvalue weighted by atomic mass is 9.59. The van der Waals surface area contributed by atoms with Gasteiger partial charge < -0.3 is 15.0 Å². The van der Waals surface area contributed by atoms with Crippen molar-refractivity contribution < 1.29 is 4.74 Å². The van der Waals surface area contributed by atoms with Gasteiger partial charge in [0.15, 0.2) is 11.5 Å². The number of hydrogen-bond acceptors (Lipinski definition) is 2. The fourth-order valence-electron chi connectivity index (χ4n) is 5.74. The first kappa shape index (κ1) is 17.9. The maximum atomic E-state index is 6.20. The van der Waals surface area contributed by atoms with Gasteiger partial charge in [-0.2, -0.15) is 0 Å². The summed E-state index contributed by atoms with van der Waals surface area (Å²) >= 11 is 0. The Morgan fingerprint density at radius 1 is 0.700 bits per heavy atom. The van der Waals surface area contributed by atoms with Gasteiger partial charge in [0.25, 0.3) is 0 Å². The molecule has 1 aromatic heterocycles. The molecule has 0 amide bonds. The monoisotopic (exact) mass is 396 g/mol. The topological polar surface area (TPSA) is 37.0 Å². The number of H-pyrrole nitrogens is 1. The highest BCUT2D eigenvalue weighted by Crippen LogP contribution is 2.63. The smallest absolute Gasteiger partial charge is 0.153 e. The highest BCUT2D eigenvalue weighted by atomic mass is 16.5. The zero-order chi connectivity index (χ0) is 21.1. The predicted molar refractivity (Wildman–Crippen MR) is 125 cm³/mol. The van der Waals surface area contributed by atoms with Crippen LogP contribution in [-0.4, -0.2) is 4.98 Å². The van der Waals surface area contributed by atoms with Crippen LogP contribution >= 0.6 is 0 Å². The van der Waals surface area contributed by atoms with E-state index in [-0.39, 0.29) is 16.2 Å². The van der Waals surface area contributed by atoms with Crippen LogP contribution in [-0.2, 0) is 10.8 Å². The number of nitrogens with one attached hydrogen (secondary N) is 2. The van der Waals surface area contributed by atoms with Crippen LogP contribution in [0.4, 0.5) is 11.4 Å². The molecule has 30 heavy (non-hydrogen) atoms. The Labute approximate surface area is 177 Å². The van der Waals surface area contributed by atoms with E-state index in [0.717, 1.165) is 28.4 Å². The summed E-state index contributed by atoms with van der Waals surface area (Å²) in [6.45, 7) is 14.4. The predicted octanol–water partition coefficient (Wildman–Crippen LogP) is 7.77. The first-order valence-corrected chi connectivity index (χ1v) is 10.8. The molecule has 0 unspecified atom stereocenters. The van der Waals surface area contributed by atoms with Crippen LogP contribution in [0, 0.1) is 5.41 Å². The van der Waals surface area contributed by atoms with Crippen molar-refractivity contribution in [3.05, 3.63) is 59.7 Å². The van der Waals surface area contributed by atoms with E-state index in [1.54, 1.807) is 0 Å². The number of ether oxygens (including phenoxy) is 1. The molecule has 4 aromatic rings. The molecule has 2 aliphatic rings. The third kappa shape index (κ3) is 1.87. The number of aromatic nitrogens is 1. The van der Waals surface area contributed by atoms with Gasteiger partial charge in [-0.05, 0) is 51.6 Å². The Morgan fingerprint density at radius 3 is 2.20 bits per heavy atom. The molecule has 3 nitrogen and oxygen atoms in total. The van der Waals surface area contributed by atoms with Crippen LogP contribution in [0.2, 0.25) is 0 Å². The molecule has 3 heteroatoms. The molecule has 152 valence electrons. The van der Waals surface area contributed by atoms with Gasteiger partial charge in [-0.15, -0.1) is 0 Å². The number of hydrogen-bond donors (Lipinski definition) is 2. The standard InChI is InChI=1S/C27H28N2O/c1-25(2)17-13-11-15-16-12-14-20-24(28-18-9-7-8-10-19(18)30-20)23(16)29-22(15)21(17)26(3,4)27(25,5)6/h7-14,28-29H,1-6H3. The van der Waals surface area contributed by atoms with Gasteiger partial charge in [0.05, 0.1) is 16.7 Å². The van der Waals surface area contributed by atoms with E-state index in [1.807, 2.05) is 18.2 Å². The summed E-state index contributed by atoms with van der Waals surface area (Å²) < 4.78 is 6.20. The van der Waals surface area contributed by atoms with Crippen molar-refractivity contribution in [3.8, 4) is 11.5 Å². The third-order valence-corrected chi connectivity index (χ3v) is 8.70. The Kier molecular flexibility index (Phi) is 3.10. The number of aromatic amines is 1. The van der Waals surface area contributed by atoms with Crippen molar-refractivity contribution in [1.82, 2.24) is 4.98 Å². The van der Waals surface area contributed by atoms with Crippen LogP contribution in [0.3, 0.4) is 0 Å². The van der Waals surface area contributed by atoms with Crippen LogP contribution in [0.5, 0.6) is 11.5 Å². The lowest BCUT2D eigenvalue weighted by Crippen LogP contribution is -2.42. The molecule has 2 N–H and O–H groups in total. The van der Waals surface area contributed by atoms with Gasteiger partial charge in [-0.1, -0.05) is 65.8 Å². The maximum absolute atomic E-state index is 6.20. The minimum atomic E-state index is 0.0445. The highest BCUT2D eigenvalue weighted by Gasteiger charge is 2.57. The number of fused-ring (bicyclic) bond motifs is 8. The van der Waals surface area contributed by atoms with E-state index in [2.05, 4.69) is 82.2 Å². The SMILES string of the molecule is CC1(C)c2ccc3c([nH]c4c5c(ccc43)Oc3ccccc3N5)c2C(C)(C)C1(C)C. The fourth-order valence-corrected chi connectivity index (χ4v) is 5.74. The summed E-state index contributed by atoms with van der Waals surface area (Å²) in [7, 11) is 0. The Hall–Kier alpha value is -2.94. The van der Waals surface area contributed by atoms with Crippen molar-refractivity contribution in [2.45, 2.75) is 52.4 Å². The summed E-state index contributed by atoms with van der Waals surface area (Å²) in [6, 6.07) is 17.0. The molecular formula is C27H28N2O. The van der Waals surface area contributed by atoms with Crippen molar-refractivity contribution >= 4 is 33.2 Å². The van der Waals surface area contributed by atoms with E-state index in [4.69, 9.17) is 4.74 Å². The van der Waals surface area contributed by atoms with Crippen molar-refractivity contribution in [3.63, 3.8) is 0 Å². The summed E-state index contributed by atoms with van der Waals surface area (Å²) in [5.41, 5.74) is 7.59. The molecule has 6 rings (SSSR count). The quantitative estimate of drug-likeness (QED) is 0.280. The van der Waals surface area contributed by atoms with Gasteiger partial charge in [0.2, 0.25) is 0 Å². The lowest BCUT2D eigenvalue weighted by Gasteiger charge is -2.44. The minimum Gasteiger partial charge on any atom is -0.453 e. The Morgan fingerprint density at radius 2 is 1.40 bits per heavy atom. The van der Waals surface area contributed by atoms with Gasteiger partial charge >= 0.3 is 0 Å². The number of para-hydroxylation sites is 2. The normalized spacial score (nSPS) is 19.7. The second-order valence-electron chi connectivity index (χ2n) is 10.5. The lowest BCUT2D eigenvalue weighted by molar-refractivity contribution is 0.125. The van der Waals surface area contributed by atoms with E-state index in [1.165, 1.54) is 27.4 Å². The van der Waals surface area contributed by atoms with E-state index in [9.17, 15) is 0 Å². The van der Waals surface area contributed by atoms with Crippen LogP contribution in [0.15, 0.2) is 48.5 Å². The largest absolute Gasteiger partial charge is 0.453 e. The van der Waals surface area contributed by atoms with Crippen LogP contribution in [0.25, 0.3) is 21.8 Å². The maximum Gasteiger partial charge on any atom is 0.153 e. The molecule has 0 atom stereocenters. The fraction of sp³-hybridized carbons (Fsp3) is 0.333. The summed E-state index contributed by atoms with van der Waals surface area (Å²) in [4.78, 5) is 3.83. The molecule has 1 aliphatic carbocycles. The highest BCUT2D eigenvalue weighted by molar-refractivity contribution is 6.14. The van der Waals surface area contributed by atoms with Crippen molar-refractivity contribution in [1.29, 1.82) is 0 Å². The number of anilines is 2. The van der Waals surface area contributed by atoms with Crippen LogP contribution < -0.4 is 10.1 Å². The van der Waals surface area contributed by atoms with E-state index in [0.29, 0.717) is 0 Å². The minimum absolute atomic E-state index is 0.0445. The molecule has 0 radical (unpaired) electrons. The second kappa shape index (κ2) is 5.21. The first-order valence-electron chi connectivity index (χ1n) is 10.8. The molecule has 0 saturated heterocycles. The zero-order valence-corrected chi connectivity index (χ0v) is 18.5. The second-order valence-corrected chi connectivity index (χ2v) is 10.5. The molecular weight excluding hydrogens is 368 g/mol. The molecule has 0 bridgehead atoms. The first-order chi connectivity index (χ1) is 14.1. The van der Waals surface area contributed by atoms with Crippen molar-refractivity contribution in [2.75, 3.05) is 5.32 Å². The molecule has 3 aromatic carbocycles. The zero-order valence-electron chi connectivity index (χ0n) is 18.5. The molecule has 0 fully saturated rings. The molecule has 2 heterocycles. The molecule has 1 aliphatic heterocycles. The number of rotatable bonds is 0. The molecule has 0 saturated carbocycles. The Balaban J connectivity index is 1.67. The average molecular weight is 397 g/mol. The summed E-state index contributed by atoms with van der Waals surface area (Å²) in [5.74, 6) is 1.73. The average Bonchev–Trinajstić information content (AvgIpc) is 3.14. The Bertz CT molecular complexity index is 1370. The van der Waals surface area contributed by atoms with Gasteiger partial charge in [0.1, 0.15) is 5.69 Å². The van der Waals surface area contributed by atoms with Gasteiger partial charge in [-0.3, -0.25) is 0 Å². The van der Waals surface area contributed by atoms with Crippen molar-refractivity contribution in [2.24, 2.45) is 5.41 Å². The van der Waals surface area contributed by atoms with Gasteiger partial charge in [0, 0.05) is 10.8 Å². The van der Waals surface area contributed by atoms with E-state index < -0.39 is 0 Å². The summed E-state index contributed by atoms with van der Waals surface area (Å²) in [5, 5.41) is 6.13. The summed E-state index contributed by atoms with van der Waals surface area (Å²) in [6.07, 6.45) is 0. The third-order valence-electron chi connectivity index (χ3n) is 8.70. The van der Waals surface area contributed by atoms with E-state index >= 15 is 0 Å². The number of benzene rings is 3. The molecule has 0 spiro atoms. The van der Waals surface area contributed by atoms with Gasteiger partial charge in [-0.25, -0.2) is 0 Å².